The van der Waals surface area contributed by atoms with Gasteiger partial charge in [-0.3, -0.25) is 0 Å². The molecule has 1 heterocycles. The van der Waals surface area contributed by atoms with Gasteiger partial charge in [-0.15, -0.1) is 11.6 Å². The van der Waals surface area contributed by atoms with E-state index in [9.17, 15) is 4.39 Å². The molecule has 0 radical (unpaired) electrons. The number of alkyl halides is 1. The van der Waals surface area contributed by atoms with Crippen molar-refractivity contribution in [2.24, 2.45) is 5.92 Å². The Kier molecular flexibility index (Phi) is 4.92. The fraction of sp³-hybridized carbons (Fsp3) is 0.533. The van der Waals surface area contributed by atoms with Gasteiger partial charge in [-0.1, -0.05) is 31.9 Å². The van der Waals surface area contributed by atoms with Crippen molar-refractivity contribution in [3.8, 4) is 0 Å². The average Bonchev–Trinajstić information content (AvgIpc) is 2.75. The smallest absolute Gasteiger partial charge is 0.144 e. The van der Waals surface area contributed by atoms with Crippen molar-refractivity contribution in [2.75, 3.05) is 5.88 Å². The second kappa shape index (κ2) is 6.31. The number of aryl methyl sites for hydroxylation is 1. The van der Waals surface area contributed by atoms with Gasteiger partial charge in [0.15, 0.2) is 0 Å². The van der Waals surface area contributed by atoms with Crippen LogP contribution in [0.15, 0.2) is 12.1 Å². The van der Waals surface area contributed by atoms with Crippen LogP contribution in [0.1, 0.15) is 39.1 Å². The van der Waals surface area contributed by atoms with E-state index in [1.54, 1.807) is 6.07 Å². The van der Waals surface area contributed by atoms with Gasteiger partial charge in [0, 0.05) is 24.4 Å². The lowest BCUT2D eigenvalue weighted by atomic mass is 10.0. The molecule has 20 heavy (non-hydrogen) atoms. The minimum Gasteiger partial charge on any atom is -0.325 e. The number of benzene rings is 1. The molecule has 2 rings (SSSR count). The monoisotopic (exact) mass is 316 g/mol. The van der Waals surface area contributed by atoms with Crippen molar-refractivity contribution < 1.29 is 4.39 Å². The molecule has 0 saturated heterocycles. The molecule has 0 aliphatic carbocycles. The van der Waals surface area contributed by atoms with E-state index in [1.807, 2.05) is 0 Å². The van der Waals surface area contributed by atoms with Gasteiger partial charge in [-0.25, -0.2) is 9.37 Å². The lowest BCUT2D eigenvalue weighted by Gasteiger charge is -2.23. The van der Waals surface area contributed by atoms with Gasteiger partial charge in [-0.05, 0) is 18.9 Å². The Morgan fingerprint density at radius 1 is 1.35 bits per heavy atom. The van der Waals surface area contributed by atoms with E-state index in [-0.39, 0.29) is 11.1 Å². The van der Waals surface area contributed by atoms with Crippen LogP contribution in [0, 0.1) is 11.7 Å². The van der Waals surface area contributed by atoms with Crippen LogP contribution in [0.4, 0.5) is 4.39 Å². The molecule has 2 nitrogen and oxygen atoms in total. The summed E-state index contributed by atoms with van der Waals surface area (Å²) in [6.07, 6.45) is 1.72. The van der Waals surface area contributed by atoms with Gasteiger partial charge >= 0.3 is 0 Å². The minimum absolute atomic E-state index is 0.107. The molecular weight excluding hydrogens is 298 g/mol. The number of hydrogen-bond donors (Lipinski definition) is 0. The van der Waals surface area contributed by atoms with Crippen LogP contribution in [-0.2, 0) is 6.42 Å². The molecule has 0 bridgehead atoms. The van der Waals surface area contributed by atoms with Crippen molar-refractivity contribution in [3.63, 3.8) is 0 Å². The summed E-state index contributed by atoms with van der Waals surface area (Å²) in [7, 11) is 0. The summed E-state index contributed by atoms with van der Waals surface area (Å²) in [4.78, 5) is 4.57. The molecule has 2 unspecified atom stereocenters. The van der Waals surface area contributed by atoms with E-state index in [0.717, 1.165) is 23.3 Å². The molecule has 0 spiro atoms. The maximum Gasteiger partial charge on any atom is 0.144 e. The van der Waals surface area contributed by atoms with Gasteiger partial charge in [0.2, 0.25) is 0 Å². The SMILES string of the molecule is CCC(C)C(C)n1c(CCCl)nc2cc(Cl)c(F)cc21. The summed E-state index contributed by atoms with van der Waals surface area (Å²) in [5.74, 6) is 1.45. The molecule has 0 saturated carbocycles. The first-order valence-electron chi connectivity index (χ1n) is 6.91. The van der Waals surface area contributed by atoms with E-state index in [4.69, 9.17) is 23.2 Å². The summed E-state index contributed by atoms with van der Waals surface area (Å²) in [6.45, 7) is 6.48. The molecular formula is C15H19Cl2FN2. The summed E-state index contributed by atoms with van der Waals surface area (Å²) >= 11 is 11.7. The molecule has 2 atom stereocenters. The maximum absolute atomic E-state index is 13.8. The van der Waals surface area contributed by atoms with Crippen LogP contribution in [-0.4, -0.2) is 15.4 Å². The molecule has 5 heteroatoms. The lowest BCUT2D eigenvalue weighted by Crippen LogP contribution is -2.16. The van der Waals surface area contributed by atoms with Crippen LogP contribution in [0.3, 0.4) is 0 Å². The fourth-order valence-electron chi connectivity index (χ4n) is 2.45. The third kappa shape index (κ3) is 2.79. The van der Waals surface area contributed by atoms with E-state index < -0.39 is 5.82 Å². The molecule has 2 aromatic rings. The van der Waals surface area contributed by atoms with Crippen molar-refractivity contribution in [2.45, 2.75) is 39.7 Å². The first-order valence-corrected chi connectivity index (χ1v) is 7.82. The van der Waals surface area contributed by atoms with Crippen molar-refractivity contribution >= 4 is 34.2 Å². The minimum atomic E-state index is -0.408. The van der Waals surface area contributed by atoms with Gasteiger partial charge < -0.3 is 4.57 Å². The van der Waals surface area contributed by atoms with E-state index >= 15 is 0 Å². The zero-order valence-electron chi connectivity index (χ0n) is 12.0. The number of fused-ring (bicyclic) bond motifs is 1. The third-order valence-corrected chi connectivity index (χ3v) is 4.48. The quantitative estimate of drug-likeness (QED) is 0.692. The Morgan fingerprint density at radius 2 is 2.05 bits per heavy atom. The Hall–Kier alpha value is -0.800. The number of halogens is 3. The van der Waals surface area contributed by atoms with Crippen molar-refractivity contribution in [3.05, 3.63) is 28.8 Å². The Balaban J connectivity index is 2.64. The summed E-state index contributed by atoms with van der Waals surface area (Å²) in [5, 5.41) is 0.107. The summed E-state index contributed by atoms with van der Waals surface area (Å²) in [5.41, 5.74) is 1.52. The largest absolute Gasteiger partial charge is 0.325 e. The van der Waals surface area contributed by atoms with Crippen LogP contribution in [0.2, 0.25) is 5.02 Å². The highest BCUT2D eigenvalue weighted by molar-refractivity contribution is 6.31. The molecule has 0 fully saturated rings. The topological polar surface area (TPSA) is 17.8 Å². The third-order valence-electron chi connectivity index (χ3n) is 4.00. The van der Waals surface area contributed by atoms with Crippen molar-refractivity contribution in [1.29, 1.82) is 0 Å². The van der Waals surface area contributed by atoms with Crippen LogP contribution >= 0.6 is 23.2 Å². The Bertz CT molecular complexity index is 609. The highest BCUT2D eigenvalue weighted by Crippen LogP contribution is 2.30. The Labute approximate surface area is 128 Å². The van der Waals surface area contributed by atoms with Crippen LogP contribution < -0.4 is 0 Å². The fourth-order valence-corrected chi connectivity index (χ4v) is 2.78. The lowest BCUT2D eigenvalue weighted by molar-refractivity contribution is 0.369. The van der Waals surface area contributed by atoms with Gasteiger partial charge in [0.25, 0.3) is 0 Å². The zero-order valence-corrected chi connectivity index (χ0v) is 13.5. The van der Waals surface area contributed by atoms with E-state index in [1.165, 1.54) is 6.07 Å². The number of nitrogens with zero attached hydrogens (tertiary/aromatic N) is 2. The van der Waals surface area contributed by atoms with Gasteiger partial charge in [-0.2, -0.15) is 0 Å². The molecule has 0 aliphatic heterocycles. The first-order chi connectivity index (χ1) is 9.49. The average molecular weight is 317 g/mol. The molecule has 0 amide bonds. The maximum atomic E-state index is 13.8. The first kappa shape index (κ1) is 15.6. The number of imidazole rings is 1. The predicted octanol–water partition coefficient (Wildman–Crippen LogP) is 5.22. The molecule has 110 valence electrons. The second-order valence-electron chi connectivity index (χ2n) is 5.22. The zero-order chi connectivity index (χ0) is 14.9. The highest BCUT2D eigenvalue weighted by atomic mass is 35.5. The molecule has 1 aromatic carbocycles. The molecule has 1 aromatic heterocycles. The number of rotatable bonds is 5. The predicted molar refractivity (Wildman–Crippen MR) is 83.3 cm³/mol. The molecule has 0 N–H and O–H groups in total. The second-order valence-corrected chi connectivity index (χ2v) is 6.00. The Morgan fingerprint density at radius 3 is 2.65 bits per heavy atom. The number of aromatic nitrogens is 2. The highest BCUT2D eigenvalue weighted by Gasteiger charge is 2.20. The van der Waals surface area contributed by atoms with Gasteiger partial charge in [0.05, 0.1) is 16.1 Å². The van der Waals surface area contributed by atoms with Crippen molar-refractivity contribution in [1.82, 2.24) is 9.55 Å². The van der Waals surface area contributed by atoms with Gasteiger partial charge in [0.1, 0.15) is 11.6 Å². The standard InChI is InChI=1S/C15H19Cl2FN2/c1-4-9(2)10(3)20-14-8-12(18)11(17)7-13(14)19-15(20)5-6-16/h7-10H,4-6H2,1-3H3. The normalized spacial score (nSPS) is 14.7. The van der Waals surface area contributed by atoms with E-state index in [0.29, 0.717) is 18.2 Å². The van der Waals surface area contributed by atoms with Crippen LogP contribution in [0.5, 0.6) is 0 Å². The summed E-state index contributed by atoms with van der Waals surface area (Å²) < 4.78 is 15.9. The van der Waals surface area contributed by atoms with Crippen LogP contribution in [0.25, 0.3) is 11.0 Å². The van der Waals surface area contributed by atoms with E-state index in [2.05, 4.69) is 30.3 Å². The summed E-state index contributed by atoms with van der Waals surface area (Å²) in [6, 6.07) is 3.30. The molecule has 0 aliphatic rings. The number of hydrogen-bond acceptors (Lipinski definition) is 1.